The lowest BCUT2D eigenvalue weighted by Crippen LogP contribution is -2.34. The van der Waals surface area contributed by atoms with E-state index < -0.39 is 0 Å². The standard InChI is InChI=1S/C19H21FN2O2S/c1-22-17(23)12-15(18(22)16-8-4-10-25-16)19(24)21-9-3-6-13-5-2-7-14(20)11-13/h2,4-5,7-8,10-11,15,18H,3,6,9,12H2,1H3,(H,21,24)/t15-,18-/m1/s1. The Morgan fingerprint density at radius 3 is 2.92 bits per heavy atom. The van der Waals surface area contributed by atoms with E-state index in [9.17, 15) is 14.0 Å². The summed E-state index contributed by atoms with van der Waals surface area (Å²) in [5.74, 6) is -0.688. The number of thiophene rings is 1. The zero-order valence-electron chi connectivity index (χ0n) is 14.1. The van der Waals surface area contributed by atoms with E-state index in [1.807, 2.05) is 23.6 Å². The van der Waals surface area contributed by atoms with Gasteiger partial charge in [-0.2, -0.15) is 0 Å². The van der Waals surface area contributed by atoms with E-state index in [0.717, 1.165) is 16.9 Å². The molecule has 0 bridgehead atoms. The van der Waals surface area contributed by atoms with Gasteiger partial charge in [0, 0.05) is 24.9 Å². The van der Waals surface area contributed by atoms with Crippen molar-refractivity contribution in [2.75, 3.05) is 13.6 Å². The highest BCUT2D eigenvalue weighted by Gasteiger charge is 2.42. The largest absolute Gasteiger partial charge is 0.356 e. The van der Waals surface area contributed by atoms with E-state index in [0.29, 0.717) is 13.0 Å². The molecule has 2 aromatic rings. The lowest BCUT2D eigenvalue weighted by atomic mass is 9.98. The number of rotatable bonds is 6. The summed E-state index contributed by atoms with van der Waals surface area (Å²) >= 11 is 1.56. The van der Waals surface area contributed by atoms with Crippen LogP contribution in [0.25, 0.3) is 0 Å². The van der Waals surface area contributed by atoms with E-state index in [2.05, 4.69) is 5.32 Å². The highest BCUT2D eigenvalue weighted by molar-refractivity contribution is 7.10. The van der Waals surface area contributed by atoms with Crippen LogP contribution in [0.2, 0.25) is 0 Å². The number of aryl methyl sites for hydroxylation is 1. The average molecular weight is 360 g/mol. The van der Waals surface area contributed by atoms with Crippen LogP contribution in [-0.2, 0) is 16.0 Å². The van der Waals surface area contributed by atoms with Gasteiger partial charge >= 0.3 is 0 Å². The first-order valence-corrected chi connectivity index (χ1v) is 9.25. The second-order valence-electron chi connectivity index (χ2n) is 6.30. The molecule has 1 aliphatic heterocycles. The van der Waals surface area contributed by atoms with E-state index >= 15 is 0 Å². The number of nitrogens with one attached hydrogen (secondary N) is 1. The molecule has 6 heteroatoms. The zero-order chi connectivity index (χ0) is 17.8. The fraction of sp³-hybridized carbons (Fsp3) is 0.368. The molecule has 2 amide bonds. The van der Waals surface area contributed by atoms with Crippen molar-refractivity contribution in [2.24, 2.45) is 5.92 Å². The van der Waals surface area contributed by atoms with Crippen molar-refractivity contribution in [1.82, 2.24) is 10.2 Å². The van der Waals surface area contributed by atoms with Crippen molar-refractivity contribution in [3.8, 4) is 0 Å². The Morgan fingerprint density at radius 2 is 2.20 bits per heavy atom. The molecule has 1 fully saturated rings. The van der Waals surface area contributed by atoms with Gasteiger partial charge < -0.3 is 10.2 Å². The average Bonchev–Trinajstić information content (AvgIpc) is 3.20. The summed E-state index contributed by atoms with van der Waals surface area (Å²) in [6.45, 7) is 0.515. The molecule has 0 radical (unpaired) electrons. The predicted octanol–water partition coefficient (Wildman–Crippen LogP) is 3.16. The minimum atomic E-state index is -0.356. The Labute approximate surface area is 150 Å². The van der Waals surface area contributed by atoms with Gasteiger partial charge in [0.2, 0.25) is 11.8 Å². The first kappa shape index (κ1) is 17.6. The number of carbonyl (C=O) groups excluding carboxylic acids is 2. The van der Waals surface area contributed by atoms with Crippen LogP contribution < -0.4 is 5.32 Å². The molecular formula is C19H21FN2O2S. The van der Waals surface area contributed by atoms with Gasteiger partial charge in [0.15, 0.2) is 0 Å². The Balaban J connectivity index is 1.54. The monoisotopic (exact) mass is 360 g/mol. The van der Waals surface area contributed by atoms with Crippen LogP contribution in [0, 0.1) is 11.7 Å². The van der Waals surface area contributed by atoms with Crippen molar-refractivity contribution in [1.29, 1.82) is 0 Å². The second-order valence-corrected chi connectivity index (χ2v) is 7.28. The molecule has 0 unspecified atom stereocenters. The Hall–Kier alpha value is -2.21. The van der Waals surface area contributed by atoms with Crippen LogP contribution >= 0.6 is 11.3 Å². The fourth-order valence-corrected chi connectivity index (χ4v) is 4.21. The van der Waals surface area contributed by atoms with Crippen molar-refractivity contribution in [2.45, 2.75) is 25.3 Å². The zero-order valence-corrected chi connectivity index (χ0v) is 14.9. The SMILES string of the molecule is CN1C(=O)C[C@@H](C(=O)NCCCc2cccc(F)c2)[C@@H]1c1cccs1. The Morgan fingerprint density at radius 1 is 1.36 bits per heavy atom. The Kier molecular flexibility index (Phi) is 5.48. The van der Waals surface area contributed by atoms with Crippen molar-refractivity contribution in [3.05, 3.63) is 58.0 Å². The molecule has 2 heterocycles. The van der Waals surface area contributed by atoms with Crippen LogP contribution in [0.15, 0.2) is 41.8 Å². The van der Waals surface area contributed by atoms with Gasteiger partial charge in [-0.25, -0.2) is 4.39 Å². The van der Waals surface area contributed by atoms with Gasteiger partial charge in [0.25, 0.3) is 0 Å². The number of carbonyl (C=O) groups is 2. The smallest absolute Gasteiger partial charge is 0.226 e. The van der Waals surface area contributed by atoms with Gasteiger partial charge in [-0.1, -0.05) is 18.2 Å². The first-order valence-electron chi connectivity index (χ1n) is 8.37. The molecule has 25 heavy (non-hydrogen) atoms. The van der Waals surface area contributed by atoms with Crippen LogP contribution in [-0.4, -0.2) is 30.3 Å². The molecule has 4 nitrogen and oxygen atoms in total. The minimum absolute atomic E-state index is 0.00156. The minimum Gasteiger partial charge on any atom is -0.356 e. The molecule has 0 aliphatic carbocycles. The third kappa shape index (κ3) is 4.07. The van der Waals surface area contributed by atoms with E-state index in [1.54, 1.807) is 29.4 Å². The Bertz CT molecular complexity index is 748. The maximum atomic E-state index is 13.2. The second kappa shape index (κ2) is 7.78. The summed E-state index contributed by atoms with van der Waals surface area (Å²) in [6.07, 6.45) is 1.68. The molecule has 0 saturated carbocycles. The molecule has 1 aromatic carbocycles. The lowest BCUT2D eigenvalue weighted by molar-refractivity contribution is -0.128. The van der Waals surface area contributed by atoms with Crippen molar-refractivity contribution < 1.29 is 14.0 Å². The van der Waals surface area contributed by atoms with Crippen molar-refractivity contribution in [3.63, 3.8) is 0 Å². The maximum Gasteiger partial charge on any atom is 0.226 e. The van der Waals surface area contributed by atoms with Gasteiger partial charge in [-0.15, -0.1) is 11.3 Å². The number of likely N-dealkylation sites (tertiary alicyclic amines) is 1. The topological polar surface area (TPSA) is 49.4 Å². The predicted molar refractivity (Wildman–Crippen MR) is 95.7 cm³/mol. The maximum absolute atomic E-state index is 13.2. The van der Waals surface area contributed by atoms with E-state index in [-0.39, 0.29) is 36.0 Å². The van der Waals surface area contributed by atoms with Crippen LogP contribution in [0.4, 0.5) is 4.39 Å². The molecule has 1 aliphatic rings. The van der Waals surface area contributed by atoms with E-state index in [1.165, 1.54) is 12.1 Å². The first-order chi connectivity index (χ1) is 12.1. The molecule has 1 saturated heterocycles. The normalized spacial score (nSPS) is 20.1. The third-order valence-corrected chi connectivity index (χ3v) is 5.53. The highest BCUT2D eigenvalue weighted by atomic mass is 32.1. The summed E-state index contributed by atoms with van der Waals surface area (Å²) in [6, 6.07) is 10.2. The number of hydrogen-bond acceptors (Lipinski definition) is 3. The number of benzene rings is 1. The molecular weight excluding hydrogens is 339 g/mol. The van der Waals surface area contributed by atoms with E-state index in [4.69, 9.17) is 0 Å². The fourth-order valence-electron chi connectivity index (χ4n) is 3.28. The van der Waals surface area contributed by atoms with Crippen LogP contribution in [0.3, 0.4) is 0 Å². The number of amides is 2. The number of nitrogens with zero attached hydrogens (tertiary/aromatic N) is 1. The summed E-state index contributed by atoms with van der Waals surface area (Å²) in [5.41, 5.74) is 0.918. The van der Waals surface area contributed by atoms with Gasteiger partial charge in [-0.05, 0) is 42.0 Å². The molecule has 0 spiro atoms. The molecule has 1 aromatic heterocycles. The van der Waals surface area contributed by atoms with Gasteiger partial charge in [0.1, 0.15) is 5.82 Å². The number of halogens is 1. The van der Waals surface area contributed by atoms with Crippen LogP contribution in [0.5, 0.6) is 0 Å². The lowest BCUT2D eigenvalue weighted by Gasteiger charge is -2.23. The molecule has 1 N–H and O–H groups in total. The summed E-state index contributed by atoms with van der Waals surface area (Å²) in [7, 11) is 1.75. The third-order valence-electron chi connectivity index (χ3n) is 4.59. The molecule has 2 atom stereocenters. The quantitative estimate of drug-likeness (QED) is 0.805. The van der Waals surface area contributed by atoms with Gasteiger partial charge in [-0.3, -0.25) is 9.59 Å². The number of hydrogen-bond donors (Lipinski definition) is 1. The van der Waals surface area contributed by atoms with Crippen molar-refractivity contribution >= 4 is 23.2 Å². The summed E-state index contributed by atoms with van der Waals surface area (Å²) < 4.78 is 13.2. The van der Waals surface area contributed by atoms with Crippen LogP contribution in [0.1, 0.15) is 29.3 Å². The molecule has 3 rings (SSSR count). The highest BCUT2D eigenvalue weighted by Crippen LogP contribution is 2.39. The van der Waals surface area contributed by atoms with Gasteiger partial charge in [0.05, 0.1) is 12.0 Å². The molecule has 132 valence electrons. The summed E-state index contributed by atoms with van der Waals surface area (Å²) in [5, 5.41) is 4.89. The summed E-state index contributed by atoms with van der Waals surface area (Å²) in [4.78, 5) is 27.3.